The van der Waals surface area contributed by atoms with Crippen molar-refractivity contribution in [2.75, 3.05) is 11.9 Å². The Bertz CT molecular complexity index is 796. The van der Waals surface area contributed by atoms with Crippen molar-refractivity contribution in [3.05, 3.63) is 42.7 Å². The molecule has 4 rings (SSSR count). The number of nitrogens with zero attached hydrogens (tertiary/aromatic N) is 2. The van der Waals surface area contributed by atoms with E-state index < -0.39 is 5.60 Å². The maximum atomic E-state index is 10.2. The summed E-state index contributed by atoms with van der Waals surface area (Å²) < 4.78 is 0. The third-order valence-corrected chi connectivity index (χ3v) is 5.35. The van der Waals surface area contributed by atoms with E-state index in [4.69, 9.17) is 0 Å². The van der Waals surface area contributed by atoms with Crippen LogP contribution in [-0.4, -0.2) is 27.2 Å². The molecule has 0 amide bonds. The molecule has 22 heavy (non-hydrogen) atoms. The molecule has 0 unspecified atom stereocenters. The molecule has 2 aromatic heterocycles. The largest absolute Gasteiger partial charge is 0.388 e. The molecule has 0 bridgehead atoms. The van der Waals surface area contributed by atoms with Gasteiger partial charge in [0.25, 0.3) is 0 Å². The predicted molar refractivity (Wildman–Crippen MR) is 90.1 cm³/mol. The Morgan fingerprint density at radius 2 is 2.00 bits per heavy atom. The summed E-state index contributed by atoms with van der Waals surface area (Å²) >= 11 is 1.66. The Morgan fingerprint density at radius 1 is 1.18 bits per heavy atom. The van der Waals surface area contributed by atoms with Gasteiger partial charge >= 0.3 is 0 Å². The van der Waals surface area contributed by atoms with E-state index in [0.29, 0.717) is 6.54 Å². The quantitative estimate of drug-likeness (QED) is 0.771. The molecule has 0 radical (unpaired) electrons. The lowest BCUT2D eigenvalue weighted by Gasteiger charge is -2.36. The summed E-state index contributed by atoms with van der Waals surface area (Å²) in [5.74, 6) is 0.809. The predicted octanol–water partition coefficient (Wildman–Crippen LogP) is 3.69. The van der Waals surface area contributed by atoms with E-state index in [1.54, 1.807) is 17.7 Å². The van der Waals surface area contributed by atoms with Gasteiger partial charge in [-0.25, -0.2) is 9.97 Å². The van der Waals surface area contributed by atoms with Crippen LogP contribution in [0.15, 0.2) is 42.7 Å². The van der Waals surface area contributed by atoms with Crippen LogP contribution < -0.4 is 5.32 Å². The monoisotopic (exact) mass is 311 g/mol. The number of anilines is 1. The zero-order chi connectivity index (χ0) is 15.0. The van der Waals surface area contributed by atoms with Gasteiger partial charge in [-0.3, -0.25) is 0 Å². The molecule has 1 saturated carbocycles. The SMILES string of the molecule is OC1(CNc2ncnc3sc(-c4ccccc4)cc23)CCC1. The molecule has 0 atom stereocenters. The molecular weight excluding hydrogens is 294 g/mol. The fourth-order valence-electron chi connectivity index (χ4n) is 2.75. The van der Waals surface area contributed by atoms with Crippen molar-refractivity contribution >= 4 is 27.4 Å². The summed E-state index contributed by atoms with van der Waals surface area (Å²) in [7, 11) is 0. The average Bonchev–Trinajstić information content (AvgIpc) is 2.96. The molecule has 5 heteroatoms. The molecule has 112 valence electrons. The zero-order valence-electron chi connectivity index (χ0n) is 12.1. The van der Waals surface area contributed by atoms with E-state index in [2.05, 4.69) is 33.5 Å². The lowest BCUT2D eigenvalue weighted by molar-refractivity contribution is -0.0202. The van der Waals surface area contributed by atoms with Crippen LogP contribution in [0.25, 0.3) is 20.7 Å². The van der Waals surface area contributed by atoms with E-state index >= 15 is 0 Å². The van der Waals surface area contributed by atoms with Crippen LogP contribution in [0.2, 0.25) is 0 Å². The highest BCUT2D eigenvalue weighted by Gasteiger charge is 2.34. The summed E-state index contributed by atoms with van der Waals surface area (Å²) in [4.78, 5) is 10.9. The summed E-state index contributed by atoms with van der Waals surface area (Å²) in [5, 5.41) is 14.5. The number of hydrogen-bond acceptors (Lipinski definition) is 5. The van der Waals surface area contributed by atoms with Crippen molar-refractivity contribution in [3.8, 4) is 10.4 Å². The van der Waals surface area contributed by atoms with Crippen molar-refractivity contribution < 1.29 is 5.11 Å². The lowest BCUT2D eigenvalue weighted by atomic mass is 9.80. The van der Waals surface area contributed by atoms with Crippen molar-refractivity contribution in [3.63, 3.8) is 0 Å². The number of hydrogen-bond donors (Lipinski definition) is 2. The third-order valence-electron chi connectivity index (χ3n) is 4.26. The molecule has 0 aliphatic heterocycles. The smallest absolute Gasteiger partial charge is 0.138 e. The normalized spacial score (nSPS) is 16.4. The number of nitrogens with one attached hydrogen (secondary N) is 1. The average molecular weight is 311 g/mol. The van der Waals surface area contributed by atoms with E-state index in [1.165, 1.54) is 10.4 Å². The van der Waals surface area contributed by atoms with Crippen LogP contribution in [-0.2, 0) is 0 Å². The van der Waals surface area contributed by atoms with Gasteiger partial charge in [-0.05, 0) is 30.9 Å². The van der Waals surface area contributed by atoms with Gasteiger partial charge in [0.15, 0.2) is 0 Å². The number of rotatable bonds is 4. The molecule has 1 aliphatic carbocycles. The van der Waals surface area contributed by atoms with Crippen LogP contribution in [0.3, 0.4) is 0 Å². The Labute approximate surface area is 132 Å². The highest BCUT2D eigenvalue weighted by atomic mass is 32.1. The first kappa shape index (κ1) is 13.7. The fourth-order valence-corrected chi connectivity index (χ4v) is 3.76. The van der Waals surface area contributed by atoms with Crippen LogP contribution in [0.4, 0.5) is 5.82 Å². The van der Waals surface area contributed by atoms with Gasteiger partial charge in [0.1, 0.15) is 17.0 Å². The number of fused-ring (bicyclic) bond motifs is 1. The van der Waals surface area contributed by atoms with Crippen molar-refractivity contribution in [1.29, 1.82) is 0 Å². The first-order valence-electron chi connectivity index (χ1n) is 7.50. The van der Waals surface area contributed by atoms with Gasteiger partial charge < -0.3 is 10.4 Å². The van der Waals surface area contributed by atoms with Crippen molar-refractivity contribution in [2.24, 2.45) is 0 Å². The molecule has 2 heterocycles. The molecule has 3 aromatic rings. The standard InChI is InChI=1S/C17H17N3OS/c21-17(7-4-8-17)10-18-15-13-9-14(12-5-2-1-3-6-12)22-16(13)20-11-19-15/h1-3,5-6,9,11,21H,4,7-8,10H2,(H,18,19,20). The second-order valence-electron chi connectivity index (χ2n) is 5.85. The summed E-state index contributed by atoms with van der Waals surface area (Å²) in [6.45, 7) is 0.551. The minimum Gasteiger partial charge on any atom is -0.388 e. The van der Waals surface area contributed by atoms with E-state index in [-0.39, 0.29) is 0 Å². The van der Waals surface area contributed by atoms with Crippen molar-refractivity contribution in [2.45, 2.75) is 24.9 Å². The zero-order valence-corrected chi connectivity index (χ0v) is 12.9. The molecule has 1 aromatic carbocycles. The van der Waals surface area contributed by atoms with Crippen LogP contribution in [0, 0.1) is 0 Å². The van der Waals surface area contributed by atoms with Crippen LogP contribution >= 0.6 is 11.3 Å². The first-order valence-corrected chi connectivity index (χ1v) is 8.31. The molecule has 4 nitrogen and oxygen atoms in total. The van der Waals surface area contributed by atoms with Crippen LogP contribution in [0.5, 0.6) is 0 Å². The second kappa shape index (κ2) is 5.34. The molecule has 0 spiro atoms. The van der Waals surface area contributed by atoms with Gasteiger partial charge in [-0.15, -0.1) is 11.3 Å². The highest BCUT2D eigenvalue weighted by Crippen LogP contribution is 2.36. The molecule has 2 N–H and O–H groups in total. The number of aromatic nitrogens is 2. The topological polar surface area (TPSA) is 58.0 Å². The maximum absolute atomic E-state index is 10.2. The Kier molecular flexibility index (Phi) is 3.32. The Morgan fingerprint density at radius 3 is 2.73 bits per heavy atom. The van der Waals surface area contributed by atoms with Gasteiger partial charge in [0.05, 0.1) is 11.0 Å². The number of benzene rings is 1. The van der Waals surface area contributed by atoms with Gasteiger partial charge in [-0.2, -0.15) is 0 Å². The minimum absolute atomic E-state index is 0.551. The number of aliphatic hydroxyl groups is 1. The molecule has 1 fully saturated rings. The van der Waals surface area contributed by atoms with Gasteiger partial charge in [0, 0.05) is 11.4 Å². The summed E-state index contributed by atoms with van der Waals surface area (Å²) in [6.07, 6.45) is 4.43. The van der Waals surface area contributed by atoms with E-state index in [9.17, 15) is 5.11 Å². The Hall–Kier alpha value is -1.98. The Balaban J connectivity index is 1.66. The van der Waals surface area contributed by atoms with Gasteiger partial charge in [0.2, 0.25) is 0 Å². The van der Waals surface area contributed by atoms with Gasteiger partial charge in [-0.1, -0.05) is 30.3 Å². The van der Waals surface area contributed by atoms with E-state index in [0.717, 1.165) is 35.3 Å². The molecule has 0 saturated heterocycles. The summed E-state index contributed by atoms with van der Waals surface area (Å²) in [5.41, 5.74) is 0.629. The highest BCUT2D eigenvalue weighted by molar-refractivity contribution is 7.21. The van der Waals surface area contributed by atoms with E-state index in [1.807, 2.05) is 18.2 Å². The fraction of sp³-hybridized carbons (Fsp3) is 0.294. The number of thiophene rings is 1. The first-order chi connectivity index (χ1) is 10.7. The lowest BCUT2D eigenvalue weighted by Crippen LogP contribution is -2.43. The molecular formula is C17H17N3OS. The summed E-state index contributed by atoms with van der Waals surface area (Å²) in [6, 6.07) is 12.4. The minimum atomic E-state index is -0.560. The maximum Gasteiger partial charge on any atom is 0.138 e. The van der Waals surface area contributed by atoms with Crippen molar-refractivity contribution in [1.82, 2.24) is 9.97 Å². The third kappa shape index (κ3) is 2.46. The second-order valence-corrected chi connectivity index (χ2v) is 6.88. The van der Waals surface area contributed by atoms with Crippen LogP contribution in [0.1, 0.15) is 19.3 Å². The molecule has 1 aliphatic rings.